The van der Waals surface area contributed by atoms with Crippen LogP contribution in [0.5, 0.6) is 5.75 Å². The number of ether oxygens (including phenoxy) is 2. The first-order valence-electron chi connectivity index (χ1n) is 8.51. The van der Waals surface area contributed by atoms with E-state index in [-0.39, 0.29) is 10.8 Å². The van der Waals surface area contributed by atoms with Crippen LogP contribution in [-0.2, 0) is 9.53 Å². The van der Waals surface area contributed by atoms with Gasteiger partial charge in [0.15, 0.2) is 0 Å². The smallest absolute Gasteiger partial charge is 0.337 e. The van der Waals surface area contributed by atoms with E-state index in [2.05, 4.69) is 4.74 Å². The van der Waals surface area contributed by atoms with Crippen molar-refractivity contribution in [1.29, 1.82) is 0 Å². The summed E-state index contributed by atoms with van der Waals surface area (Å²) in [5.41, 5.74) is 0.0131. The summed E-state index contributed by atoms with van der Waals surface area (Å²) in [5, 5.41) is 0. The molecule has 0 unspecified atom stereocenters. The number of halogens is 1. The molecule has 4 aliphatic carbocycles. The van der Waals surface area contributed by atoms with Crippen molar-refractivity contribution in [2.24, 2.45) is 17.3 Å². The van der Waals surface area contributed by atoms with Crippen molar-refractivity contribution in [3.63, 3.8) is 0 Å². The highest BCUT2D eigenvalue weighted by atomic mass is 35.5. The first-order chi connectivity index (χ1) is 11.4. The van der Waals surface area contributed by atoms with E-state index in [1.807, 2.05) is 0 Å². The molecule has 5 heteroatoms. The molecule has 128 valence electrons. The fourth-order valence-corrected chi connectivity index (χ4v) is 6.07. The van der Waals surface area contributed by atoms with Gasteiger partial charge in [0, 0.05) is 4.87 Å². The first-order valence-corrected chi connectivity index (χ1v) is 8.89. The van der Waals surface area contributed by atoms with E-state index in [1.54, 1.807) is 24.3 Å². The normalized spacial score (nSPS) is 36.4. The van der Waals surface area contributed by atoms with Crippen LogP contribution in [-0.4, -0.2) is 23.9 Å². The Hall–Kier alpha value is -1.55. The molecule has 1 aromatic carbocycles. The van der Waals surface area contributed by atoms with Crippen molar-refractivity contribution >= 4 is 23.5 Å². The number of rotatable bonds is 3. The zero-order valence-electron chi connectivity index (χ0n) is 13.7. The third-order valence-electron chi connectivity index (χ3n) is 5.91. The Morgan fingerprint density at radius 2 is 1.71 bits per heavy atom. The van der Waals surface area contributed by atoms with Gasteiger partial charge >= 0.3 is 11.9 Å². The number of carbonyl (C=O) groups is 2. The summed E-state index contributed by atoms with van der Waals surface area (Å²) in [6.45, 7) is 0. The maximum atomic E-state index is 12.9. The fraction of sp³-hybridized carbons (Fsp3) is 0.579. The van der Waals surface area contributed by atoms with Gasteiger partial charge in [-0.15, -0.1) is 11.6 Å². The summed E-state index contributed by atoms with van der Waals surface area (Å²) in [5.74, 6) is 1.01. The average Bonchev–Trinajstić information content (AvgIpc) is 2.52. The molecule has 5 rings (SSSR count). The lowest BCUT2D eigenvalue weighted by Crippen LogP contribution is -2.56. The molecule has 4 aliphatic rings. The van der Waals surface area contributed by atoms with Crippen LogP contribution in [0.3, 0.4) is 0 Å². The Morgan fingerprint density at radius 3 is 2.25 bits per heavy atom. The van der Waals surface area contributed by atoms with Crippen molar-refractivity contribution in [2.75, 3.05) is 7.11 Å². The molecular formula is C19H21ClO4. The number of hydrogen-bond donors (Lipinski definition) is 0. The molecule has 0 aliphatic heterocycles. The zero-order chi connectivity index (χ0) is 16.9. The Kier molecular flexibility index (Phi) is 3.64. The van der Waals surface area contributed by atoms with Gasteiger partial charge in [-0.1, -0.05) is 0 Å². The van der Waals surface area contributed by atoms with Crippen LogP contribution in [0, 0.1) is 17.3 Å². The van der Waals surface area contributed by atoms with Crippen molar-refractivity contribution in [3.05, 3.63) is 29.8 Å². The summed E-state index contributed by atoms with van der Waals surface area (Å²) in [6.07, 6.45) is 5.81. The molecule has 0 spiro atoms. The standard InChI is InChI=1S/C19H21ClO4/c1-23-16(21)14-2-4-15(5-3-14)24-17(22)18-7-12-6-13(8-18)10-19(20,9-12)11-18/h2-5,12-13H,6-11H2,1H3/t12-,13-,18?,19?/m0/s1. The van der Waals surface area contributed by atoms with Gasteiger partial charge in [-0.25, -0.2) is 4.79 Å². The van der Waals surface area contributed by atoms with Crippen LogP contribution in [0.25, 0.3) is 0 Å². The molecule has 4 saturated carbocycles. The second-order valence-corrected chi connectivity index (χ2v) is 8.60. The van der Waals surface area contributed by atoms with Gasteiger partial charge in [0.1, 0.15) is 5.75 Å². The SMILES string of the molecule is COC(=O)c1ccc(OC(=O)C23C[C@@H]4C[C@H](CC(Cl)(C4)C2)C3)cc1. The minimum absolute atomic E-state index is 0.160. The molecule has 0 radical (unpaired) electrons. The lowest BCUT2D eigenvalue weighted by atomic mass is 9.49. The summed E-state index contributed by atoms with van der Waals surface area (Å²) < 4.78 is 10.3. The number of alkyl halides is 1. The lowest BCUT2D eigenvalue weighted by molar-refractivity contribution is -0.160. The maximum Gasteiger partial charge on any atom is 0.337 e. The molecule has 0 heterocycles. The fourth-order valence-electron chi connectivity index (χ4n) is 5.38. The highest BCUT2D eigenvalue weighted by Crippen LogP contribution is 2.64. The van der Waals surface area contributed by atoms with E-state index in [0.717, 1.165) is 32.1 Å². The van der Waals surface area contributed by atoms with Gasteiger partial charge in [0.25, 0.3) is 0 Å². The zero-order valence-corrected chi connectivity index (χ0v) is 14.5. The third-order valence-corrected chi connectivity index (χ3v) is 6.35. The molecule has 4 fully saturated rings. The summed E-state index contributed by atoms with van der Waals surface area (Å²) in [4.78, 5) is 24.2. The van der Waals surface area contributed by atoms with Gasteiger partial charge in [-0.3, -0.25) is 4.79 Å². The minimum atomic E-state index is -0.424. The Morgan fingerprint density at radius 1 is 1.08 bits per heavy atom. The van der Waals surface area contributed by atoms with Crippen LogP contribution >= 0.6 is 11.6 Å². The van der Waals surface area contributed by atoms with E-state index < -0.39 is 11.4 Å². The van der Waals surface area contributed by atoms with E-state index in [4.69, 9.17) is 16.3 Å². The van der Waals surface area contributed by atoms with Crippen LogP contribution in [0.4, 0.5) is 0 Å². The molecule has 1 aromatic rings. The molecule has 2 atom stereocenters. The second-order valence-electron chi connectivity index (χ2n) is 7.80. The van der Waals surface area contributed by atoms with Crippen LogP contribution in [0.2, 0.25) is 0 Å². The van der Waals surface area contributed by atoms with Crippen LogP contribution < -0.4 is 4.74 Å². The van der Waals surface area contributed by atoms with Crippen molar-refractivity contribution in [2.45, 2.75) is 43.4 Å². The molecule has 0 saturated heterocycles. The minimum Gasteiger partial charge on any atom is -0.465 e. The Labute approximate surface area is 146 Å². The molecule has 0 amide bonds. The predicted octanol–water partition coefficient (Wildman–Crippen LogP) is 3.96. The molecule has 4 bridgehead atoms. The number of esters is 2. The van der Waals surface area contributed by atoms with E-state index in [1.165, 1.54) is 13.5 Å². The maximum absolute atomic E-state index is 12.9. The van der Waals surface area contributed by atoms with Gasteiger partial charge in [0.2, 0.25) is 0 Å². The first kappa shape index (κ1) is 15.9. The molecule has 0 N–H and O–H groups in total. The van der Waals surface area contributed by atoms with Gasteiger partial charge in [-0.05, 0) is 74.6 Å². The van der Waals surface area contributed by atoms with Gasteiger partial charge < -0.3 is 9.47 Å². The topological polar surface area (TPSA) is 52.6 Å². The van der Waals surface area contributed by atoms with Crippen molar-refractivity contribution < 1.29 is 19.1 Å². The summed E-state index contributed by atoms with van der Waals surface area (Å²) >= 11 is 6.78. The highest BCUT2D eigenvalue weighted by molar-refractivity contribution is 6.24. The van der Waals surface area contributed by atoms with E-state index in [0.29, 0.717) is 23.1 Å². The summed E-state index contributed by atoms with van der Waals surface area (Å²) in [6, 6.07) is 6.50. The van der Waals surface area contributed by atoms with E-state index in [9.17, 15) is 9.59 Å². The monoisotopic (exact) mass is 348 g/mol. The van der Waals surface area contributed by atoms with Crippen molar-refractivity contribution in [1.82, 2.24) is 0 Å². The van der Waals surface area contributed by atoms with Crippen molar-refractivity contribution in [3.8, 4) is 5.75 Å². The van der Waals surface area contributed by atoms with E-state index >= 15 is 0 Å². The largest absolute Gasteiger partial charge is 0.465 e. The van der Waals surface area contributed by atoms with Crippen LogP contribution in [0.15, 0.2) is 24.3 Å². The number of hydrogen-bond acceptors (Lipinski definition) is 4. The number of benzene rings is 1. The van der Waals surface area contributed by atoms with Gasteiger partial charge in [0.05, 0.1) is 18.1 Å². The average molecular weight is 349 g/mol. The molecule has 0 aromatic heterocycles. The molecule has 24 heavy (non-hydrogen) atoms. The number of methoxy groups -OCH3 is 1. The van der Waals surface area contributed by atoms with Gasteiger partial charge in [-0.2, -0.15) is 0 Å². The molecule has 4 nitrogen and oxygen atoms in total. The second kappa shape index (κ2) is 5.48. The highest BCUT2D eigenvalue weighted by Gasteiger charge is 2.60. The third kappa shape index (κ3) is 2.61. The number of carbonyl (C=O) groups excluding carboxylic acids is 2. The summed E-state index contributed by atoms with van der Waals surface area (Å²) in [7, 11) is 1.34. The molecular weight excluding hydrogens is 328 g/mol. The quantitative estimate of drug-likeness (QED) is 0.471. The Bertz CT molecular complexity index is 667. The lowest BCUT2D eigenvalue weighted by Gasteiger charge is -2.58. The Balaban J connectivity index is 1.51. The van der Waals surface area contributed by atoms with Crippen LogP contribution in [0.1, 0.15) is 48.9 Å². The predicted molar refractivity (Wildman–Crippen MR) is 89.1 cm³/mol.